The van der Waals surface area contributed by atoms with Crippen LogP contribution in [0.2, 0.25) is 0 Å². The van der Waals surface area contributed by atoms with Gasteiger partial charge in [0.15, 0.2) is 0 Å². The average molecular weight is 500 g/mol. The molecule has 0 bridgehead atoms. The SMILES string of the molecule is CCCCCCc1ccc(C2(O)c3cc(Br)ccc3-c3ccc(Br)cc32)cc1. The highest BCUT2D eigenvalue weighted by molar-refractivity contribution is 9.10. The molecular weight excluding hydrogens is 476 g/mol. The first-order valence-corrected chi connectivity index (χ1v) is 11.5. The summed E-state index contributed by atoms with van der Waals surface area (Å²) in [5.41, 5.74) is 5.18. The second-order valence-electron chi connectivity index (χ2n) is 7.60. The molecule has 3 heteroatoms. The first-order chi connectivity index (χ1) is 13.5. The Labute approximate surface area is 184 Å². The quantitative estimate of drug-likeness (QED) is 0.346. The Hall–Kier alpha value is -1.42. The molecule has 144 valence electrons. The van der Waals surface area contributed by atoms with E-state index >= 15 is 0 Å². The lowest BCUT2D eigenvalue weighted by Crippen LogP contribution is -2.26. The zero-order valence-corrected chi connectivity index (χ0v) is 19.2. The van der Waals surface area contributed by atoms with Gasteiger partial charge in [0.25, 0.3) is 0 Å². The van der Waals surface area contributed by atoms with Crippen molar-refractivity contribution in [3.8, 4) is 11.1 Å². The molecule has 0 saturated heterocycles. The van der Waals surface area contributed by atoms with Crippen LogP contribution in [-0.4, -0.2) is 5.11 Å². The highest BCUT2D eigenvalue weighted by Crippen LogP contribution is 2.52. The number of fused-ring (bicyclic) bond motifs is 3. The van der Waals surface area contributed by atoms with E-state index in [0.717, 1.165) is 43.2 Å². The summed E-state index contributed by atoms with van der Waals surface area (Å²) in [6.07, 6.45) is 6.17. The van der Waals surface area contributed by atoms with E-state index < -0.39 is 5.60 Å². The molecule has 0 spiro atoms. The van der Waals surface area contributed by atoms with Gasteiger partial charge in [-0.1, -0.05) is 94.4 Å². The van der Waals surface area contributed by atoms with Crippen molar-refractivity contribution in [2.45, 2.75) is 44.6 Å². The minimum absolute atomic E-state index is 0.918. The highest BCUT2D eigenvalue weighted by atomic mass is 79.9. The van der Waals surface area contributed by atoms with Gasteiger partial charge in [0.1, 0.15) is 5.60 Å². The maximum atomic E-state index is 12.0. The summed E-state index contributed by atoms with van der Waals surface area (Å²) < 4.78 is 1.95. The van der Waals surface area contributed by atoms with E-state index in [0.29, 0.717) is 0 Å². The second-order valence-corrected chi connectivity index (χ2v) is 9.43. The Balaban J connectivity index is 1.74. The van der Waals surface area contributed by atoms with Crippen LogP contribution >= 0.6 is 31.9 Å². The minimum Gasteiger partial charge on any atom is -0.376 e. The summed E-state index contributed by atoms with van der Waals surface area (Å²) in [6.45, 7) is 2.24. The van der Waals surface area contributed by atoms with Crippen LogP contribution in [0.3, 0.4) is 0 Å². The second kappa shape index (κ2) is 8.14. The molecule has 1 aliphatic rings. The standard InChI is InChI=1S/C25H24Br2O/c1-2-3-4-5-6-17-7-9-18(10-8-17)25(28)23-15-19(26)11-13-21(23)22-14-12-20(27)16-24(22)25/h7-16,28H,2-6H2,1H3. The molecule has 3 aromatic rings. The Morgan fingerprint density at radius 1 is 0.750 bits per heavy atom. The van der Waals surface area contributed by atoms with Crippen molar-refractivity contribution >= 4 is 31.9 Å². The lowest BCUT2D eigenvalue weighted by Gasteiger charge is -2.27. The summed E-state index contributed by atoms with van der Waals surface area (Å²) >= 11 is 7.16. The van der Waals surface area contributed by atoms with Crippen molar-refractivity contribution in [1.29, 1.82) is 0 Å². The third kappa shape index (κ3) is 3.49. The molecule has 0 atom stereocenters. The van der Waals surface area contributed by atoms with E-state index in [1.54, 1.807) is 0 Å². The lowest BCUT2D eigenvalue weighted by atomic mass is 9.84. The summed E-state index contributed by atoms with van der Waals surface area (Å²) in [5, 5.41) is 12.0. The normalized spacial score (nSPS) is 14.0. The van der Waals surface area contributed by atoms with Gasteiger partial charge in [-0.05, 0) is 59.4 Å². The zero-order chi connectivity index (χ0) is 19.7. The van der Waals surface area contributed by atoms with E-state index in [4.69, 9.17) is 0 Å². The largest absolute Gasteiger partial charge is 0.376 e. The summed E-state index contributed by atoms with van der Waals surface area (Å²) in [6, 6.07) is 20.9. The van der Waals surface area contributed by atoms with Crippen LogP contribution in [0.5, 0.6) is 0 Å². The van der Waals surface area contributed by atoms with Crippen LogP contribution in [0, 0.1) is 0 Å². The minimum atomic E-state index is -1.14. The van der Waals surface area contributed by atoms with Crippen LogP contribution < -0.4 is 0 Å². The van der Waals surface area contributed by atoms with Gasteiger partial charge in [-0.2, -0.15) is 0 Å². The lowest BCUT2D eigenvalue weighted by molar-refractivity contribution is 0.130. The Kier molecular flexibility index (Phi) is 5.78. The number of aliphatic hydroxyl groups is 1. The van der Waals surface area contributed by atoms with E-state index in [-0.39, 0.29) is 0 Å². The van der Waals surface area contributed by atoms with Crippen LogP contribution in [0.1, 0.15) is 54.9 Å². The fourth-order valence-corrected chi connectivity index (χ4v) is 4.95. The Bertz CT molecular complexity index is 940. The Morgan fingerprint density at radius 3 is 1.86 bits per heavy atom. The van der Waals surface area contributed by atoms with Gasteiger partial charge >= 0.3 is 0 Å². The van der Waals surface area contributed by atoms with Crippen molar-refractivity contribution < 1.29 is 5.11 Å². The molecule has 3 aromatic carbocycles. The molecule has 1 N–H and O–H groups in total. The van der Waals surface area contributed by atoms with Gasteiger partial charge in [-0.25, -0.2) is 0 Å². The van der Waals surface area contributed by atoms with E-state index in [9.17, 15) is 5.11 Å². The highest BCUT2D eigenvalue weighted by Gasteiger charge is 2.43. The summed E-state index contributed by atoms with van der Waals surface area (Å²) in [4.78, 5) is 0. The third-order valence-corrected chi connectivity index (χ3v) is 6.71. The van der Waals surface area contributed by atoms with E-state index in [1.165, 1.54) is 31.2 Å². The first kappa shape index (κ1) is 19.9. The fourth-order valence-electron chi connectivity index (χ4n) is 4.23. The number of aryl methyl sites for hydroxylation is 1. The molecule has 4 rings (SSSR count). The third-order valence-electron chi connectivity index (χ3n) is 5.72. The summed E-state index contributed by atoms with van der Waals surface area (Å²) in [5.74, 6) is 0. The van der Waals surface area contributed by atoms with Crippen LogP contribution in [0.15, 0.2) is 69.6 Å². The average Bonchev–Trinajstić information content (AvgIpc) is 2.94. The van der Waals surface area contributed by atoms with E-state index in [2.05, 4.69) is 75.2 Å². The molecule has 0 heterocycles. The predicted molar refractivity (Wildman–Crippen MR) is 124 cm³/mol. The van der Waals surface area contributed by atoms with Gasteiger partial charge in [-0.15, -0.1) is 0 Å². The number of unbranched alkanes of at least 4 members (excludes halogenated alkanes) is 3. The van der Waals surface area contributed by atoms with Crippen molar-refractivity contribution in [2.24, 2.45) is 0 Å². The smallest absolute Gasteiger partial charge is 0.141 e. The van der Waals surface area contributed by atoms with Crippen molar-refractivity contribution in [2.75, 3.05) is 0 Å². The van der Waals surface area contributed by atoms with Gasteiger partial charge in [0.2, 0.25) is 0 Å². The van der Waals surface area contributed by atoms with Gasteiger partial charge in [0.05, 0.1) is 0 Å². The molecular formula is C25H24Br2O. The maximum Gasteiger partial charge on any atom is 0.141 e. The molecule has 0 radical (unpaired) electrons. The van der Waals surface area contributed by atoms with Crippen LogP contribution in [0.4, 0.5) is 0 Å². The molecule has 0 aromatic heterocycles. The molecule has 0 unspecified atom stereocenters. The number of hydrogen-bond acceptors (Lipinski definition) is 1. The molecule has 0 fully saturated rings. The molecule has 0 amide bonds. The molecule has 0 aliphatic heterocycles. The monoisotopic (exact) mass is 498 g/mol. The fraction of sp³-hybridized carbons (Fsp3) is 0.280. The topological polar surface area (TPSA) is 20.2 Å². The van der Waals surface area contributed by atoms with Crippen molar-refractivity contribution in [3.05, 3.63) is 91.9 Å². The van der Waals surface area contributed by atoms with E-state index in [1.807, 2.05) is 24.3 Å². The number of hydrogen-bond donors (Lipinski definition) is 1. The molecule has 1 nitrogen and oxygen atoms in total. The van der Waals surface area contributed by atoms with Gasteiger partial charge in [-0.3, -0.25) is 0 Å². The number of halogens is 2. The predicted octanol–water partition coefficient (Wildman–Crippen LogP) is 7.60. The number of benzene rings is 3. The summed E-state index contributed by atoms with van der Waals surface area (Å²) in [7, 11) is 0. The molecule has 28 heavy (non-hydrogen) atoms. The van der Waals surface area contributed by atoms with Crippen molar-refractivity contribution in [3.63, 3.8) is 0 Å². The Morgan fingerprint density at radius 2 is 1.32 bits per heavy atom. The van der Waals surface area contributed by atoms with Gasteiger partial charge < -0.3 is 5.11 Å². The molecule has 0 saturated carbocycles. The van der Waals surface area contributed by atoms with Crippen molar-refractivity contribution in [1.82, 2.24) is 0 Å². The van der Waals surface area contributed by atoms with Gasteiger partial charge in [0, 0.05) is 20.1 Å². The van der Waals surface area contributed by atoms with Crippen LogP contribution in [0.25, 0.3) is 11.1 Å². The molecule has 1 aliphatic carbocycles. The first-order valence-electron chi connectivity index (χ1n) is 9.96. The number of rotatable bonds is 6. The van der Waals surface area contributed by atoms with Crippen LogP contribution in [-0.2, 0) is 12.0 Å². The maximum absolute atomic E-state index is 12.0. The zero-order valence-electron chi connectivity index (χ0n) is 16.0.